The van der Waals surface area contributed by atoms with Crippen molar-refractivity contribution < 1.29 is 28.9 Å². The summed E-state index contributed by atoms with van der Waals surface area (Å²) < 4.78 is 4.80. The molecule has 1 aliphatic rings. The molecule has 0 spiro atoms. The summed E-state index contributed by atoms with van der Waals surface area (Å²) in [4.78, 5) is 43.8. The number of ether oxygens (including phenoxy) is 1. The van der Waals surface area contributed by atoms with Crippen LogP contribution < -0.4 is 5.32 Å². The number of hydrazine groups is 1. The highest BCUT2D eigenvalue weighted by Crippen LogP contribution is 2.30. The van der Waals surface area contributed by atoms with Gasteiger partial charge in [-0.25, -0.2) is 4.79 Å². The Morgan fingerprint density at radius 2 is 1.65 bits per heavy atom. The van der Waals surface area contributed by atoms with E-state index in [0.717, 1.165) is 0 Å². The minimum absolute atomic E-state index is 0.0429. The number of amides is 1. The standard InChI is InChI=1S/C24H44N4O6/c1-15(2)19(22(30)25-21(16(3)4)23(31)33-9)14-20(29)17-10-12-18(13-11-17)34-26-28(32)27(8)24(5,6)7/h15-19,21H,10-14H2,1-9H3,(H,25,30)/b28-26-. The van der Waals surface area contributed by atoms with Crippen molar-refractivity contribution in [2.24, 2.45) is 28.9 Å². The highest BCUT2D eigenvalue weighted by molar-refractivity contribution is 5.90. The van der Waals surface area contributed by atoms with Crippen LogP contribution in [0.5, 0.6) is 0 Å². The van der Waals surface area contributed by atoms with Gasteiger partial charge in [0.25, 0.3) is 0 Å². The van der Waals surface area contributed by atoms with E-state index in [9.17, 15) is 19.6 Å². The summed E-state index contributed by atoms with van der Waals surface area (Å²) in [6.45, 7) is 13.1. The maximum atomic E-state index is 13.0. The van der Waals surface area contributed by atoms with Gasteiger partial charge in [0.2, 0.25) is 11.2 Å². The Morgan fingerprint density at radius 1 is 1.09 bits per heavy atom. The molecule has 1 saturated carbocycles. The van der Waals surface area contributed by atoms with Gasteiger partial charge >= 0.3 is 5.97 Å². The monoisotopic (exact) mass is 484 g/mol. The van der Waals surface area contributed by atoms with Crippen LogP contribution in [0.2, 0.25) is 0 Å². The van der Waals surface area contributed by atoms with Crippen molar-refractivity contribution in [2.75, 3.05) is 14.2 Å². The lowest BCUT2D eigenvalue weighted by Gasteiger charge is -2.29. The van der Waals surface area contributed by atoms with Crippen LogP contribution in [0.1, 0.15) is 80.6 Å². The number of carbonyl (C=O) groups is 3. The topological polar surface area (TPSA) is 123 Å². The van der Waals surface area contributed by atoms with Crippen molar-refractivity contribution in [1.82, 2.24) is 10.3 Å². The van der Waals surface area contributed by atoms with Crippen LogP contribution in [0.15, 0.2) is 5.28 Å². The number of hydrogen-bond donors (Lipinski definition) is 1. The highest BCUT2D eigenvalue weighted by Gasteiger charge is 2.34. The molecule has 10 heteroatoms. The number of nitrogens with one attached hydrogen (secondary N) is 1. The summed E-state index contributed by atoms with van der Waals surface area (Å²) in [5.74, 6) is -1.63. The smallest absolute Gasteiger partial charge is 0.328 e. The number of esters is 1. The van der Waals surface area contributed by atoms with Crippen LogP contribution in [0.3, 0.4) is 0 Å². The molecule has 1 rings (SSSR count). The van der Waals surface area contributed by atoms with E-state index in [1.807, 2.05) is 48.5 Å². The Balaban J connectivity index is 2.66. The average molecular weight is 485 g/mol. The molecule has 0 aromatic carbocycles. The van der Waals surface area contributed by atoms with Crippen LogP contribution in [0.25, 0.3) is 0 Å². The van der Waals surface area contributed by atoms with Gasteiger partial charge in [-0.3, -0.25) is 9.59 Å². The second kappa shape index (κ2) is 12.9. The molecule has 1 aliphatic carbocycles. The van der Waals surface area contributed by atoms with Crippen molar-refractivity contribution in [3.63, 3.8) is 0 Å². The molecular formula is C24H44N4O6. The molecule has 2 unspecified atom stereocenters. The number of methoxy groups -OCH3 is 1. The summed E-state index contributed by atoms with van der Waals surface area (Å²) in [6, 6.07) is -0.747. The van der Waals surface area contributed by atoms with Gasteiger partial charge in [-0.1, -0.05) is 27.7 Å². The predicted molar refractivity (Wildman–Crippen MR) is 127 cm³/mol. The number of nitrogens with zero attached hydrogens (tertiary/aromatic N) is 3. The first-order chi connectivity index (χ1) is 15.7. The second-order valence-electron chi connectivity index (χ2n) is 10.9. The molecule has 1 N–H and O–H groups in total. The first-order valence-corrected chi connectivity index (χ1v) is 12.2. The van der Waals surface area contributed by atoms with Gasteiger partial charge in [0.1, 0.15) is 17.9 Å². The third-order valence-electron chi connectivity index (χ3n) is 6.61. The van der Waals surface area contributed by atoms with E-state index in [2.05, 4.69) is 10.6 Å². The van der Waals surface area contributed by atoms with Crippen molar-refractivity contribution in [3.05, 3.63) is 5.21 Å². The quantitative estimate of drug-likeness (QED) is 0.205. The minimum Gasteiger partial charge on any atom is -0.569 e. The largest absolute Gasteiger partial charge is 0.569 e. The zero-order valence-electron chi connectivity index (χ0n) is 22.3. The molecule has 0 aromatic rings. The van der Waals surface area contributed by atoms with Crippen LogP contribution in [0, 0.1) is 28.9 Å². The summed E-state index contributed by atoms with van der Waals surface area (Å²) in [5.41, 5.74) is -0.385. The normalized spacial score (nSPS) is 21.1. The van der Waals surface area contributed by atoms with E-state index in [4.69, 9.17) is 9.57 Å². The fraction of sp³-hybridized carbons (Fsp3) is 0.875. The lowest BCUT2D eigenvalue weighted by atomic mass is 9.79. The maximum absolute atomic E-state index is 13.0. The third-order valence-corrected chi connectivity index (χ3v) is 6.61. The Hall–Kier alpha value is -2.39. The lowest BCUT2D eigenvalue weighted by Crippen LogP contribution is -2.48. The van der Waals surface area contributed by atoms with Gasteiger partial charge in [-0.2, -0.15) is 0 Å². The lowest BCUT2D eigenvalue weighted by molar-refractivity contribution is -0.720. The molecule has 196 valence electrons. The summed E-state index contributed by atoms with van der Waals surface area (Å²) in [7, 11) is 2.93. The number of hydrogen-bond acceptors (Lipinski definition) is 7. The number of Topliss-reactive ketones (excluding diaryl/α,β-unsaturated/α-hetero) is 1. The zero-order valence-corrected chi connectivity index (χ0v) is 22.3. The van der Waals surface area contributed by atoms with E-state index < -0.39 is 17.9 Å². The van der Waals surface area contributed by atoms with E-state index >= 15 is 0 Å². The van der Waals surface area contributed by atoms with Gasteiger partial charge in [-0.15, -0.1) is 5.01 Å². The number of rotatable bonds is 11. The number of carbonyl (C=O) groups excluding carboxylic acids is 3. The maximum Gasteiger partial charge on any atom is 0.328 e. The van der Waals surface area contributed by atoms with Gasteiger partial charge in [0.15, 0.2) is 0 Å². The molecule has 0 aliphatic heterocycles. The summed E-state index contributed by atoms with van der Waals surface area (Å²) >= 11 is 0. The van der Waals surface area contributed by atoms with Gasteiger partial charge < -0.3 is 20.1 Å². The van der Waals surface area contributed by atoms with E-state index in [-0.39, 0.29) is 47.5 Å². The minimum atomic E-state index is -0.747. The molecule has 1 amide bonds. The van der Waals surface area contributed by atoms with Gasteiger partial charge in [-0.05, 0) is 58.3 Å². The van der Waals surface area contributed by atoms with Gasteiger partial charge in [0, 0.05) is 18.3 Å². The van der Waals surface area contributed by atoms with E-state index in [1.165, 1.54) is 12.1 Å². The van der Waals surface area contributed by atoms with Crippen LogP contribution in [-0.4, -0.2) is 59.5 Å². The predicted octanol–water partition coefficient (Wildman–Crippen LogP) is 3.63. The molecule has 34 heavy (non-hydrogen) atoms. The molecule has 0 saturated heterocycles. The summed E-state index contributed by atoms with van der Waals surface area (Å²) in [6.07, 6.45) is 2.38. The fourth-order valence-corrected chi connectivity index (χ4v) is 3.81. The highest BCUT2D eigenvalue weighted by atomic mass is 16.7. The van der Waals surface area contributed by atoms with E-state index in [0.29, 0.717) is 30.7 Å². The van der Waals surface area contributed by atoms with Crippen LogP contribution >= 0.6 is 0 Å². The van der Waals surface area contributed by atoms with Crippen molar-refractivity contribution in [3.8, 4) is 0 Å². The molecule has 0 bridgehead atoms. The molecule has 1 fully saturated rings. The first kappa shape index (κ1) is 29.6. The molecular weight excluding hydrogens is 440 g/mol. The Morgan fingerprint density at radius 3 is 2.09 bits per heavy atom. The Bertz CT molecular complexity index is 723. The Labute approximate surface area is 203 Å². The molecule has 0 aromatic heterocycles. The fourth-order valence-electron chi connectivity index (χ4n) is 3.81. The molecule has 0 radical (unpaired) electrons. The van der Waals surface area contributed by atoms with E-state index in [1.54, 1.807) is 7.05 Å². The van der Waals surface area contributed by atoms with Gasteiger partial charge in [0.05, 0.1) is 24.7 Å². The molecule has 2 atom stereocenters. The van der Waals surface area contributed by atoms with Crippen molar-refractivity contribution >= 4 is 17.7 Å². The van der Waals surface area contributed by atoms with Crippen molar-refractivity contribution in [2.45, 2.75) is 98.3 Å². The molecule has 0 heterocycles. The first-order valence-electron chi connectivity index (χ1n) is 12.2. The third kappa shape index (κ3) is 8.76. The van der Waals surface area contributed by atoms with Crippen LogP contribution in [0.4, 0.5) is 0 Å². The number of ketones is 1. The molecule has 10 nitrogen and oxygen atoms in total. The SMILES string of the molecule is COC(=O)C(NC(=O)C(CC(=O)C1CCC(O/N=[N+](\[O-])N(C)C(C)(C)C)CC1)C(C)C)C(C)C. The second-order valence-corrected chi connectivity index (χ2v) is 10.9. The van der Waals surface area contributed by atoms with Crippen LogP contribution in [-0.2, 0) is 24.0 Å². The zero-order chi connectivity index (χ0) is 26.2. The summed E-state index contributed by atoms with van der Waals surface area (Å²) in [5, 5.41) is 19.9. The Kier molecular flexibility index (Phi) is 11.2. The average Bonchev–Trinajstić information content (AvgIpc) is 2.77. The van der Waals surface area contributed by atoms with Crippen molar-refractivity contribution in [1.29, 1.82) is 0 Å².